The summed E-state index contributed by atoms with van der Waals surface area (Å²) in [5.41, 5.74) is 1.16. The molecule has 0 spiro atoms. The van der Waals surface area contributed by atoms with Crippen LogP contribution in [0, 0.1) is 0 Å². The molecule has 1 N–H and O–H groups in total. The minimum atomic E-state index is -0.0744. The number of nitrogens with one attached hydrogen (secondary N) is 1. The lowest BCUT2D eigenvalue weighted by atomic mass is 9.84. The third-order valence-electron chi connectivity index (χ3n) is 4.47. The van der Waals surface area contributed by atoms with Crippen LogP contribution in [0.25, 0.3) is 0 Å². The number of aromatic nitrogens is 2. The van der Waals surface area contributed by atoms with Crippen molar-refractivity contribution in [2.75, 3.05) is 13.2 Å². The highest BCUT2D eigenvalue weighted by atomic mass is 16.5. The van der Waals surface area contributed by atoms with E-state index >= 15 is 0 Å². The molecule has 1 aliphatic rings. The Morgan fingerprint density at radius 1 is 1.30 bits per heavy atom. The summed E-state index contributed by atoms with van der Waals surface area (Å²) in [4.78, 5) is 0. The fourth-order valence-corrected chi connectivity index (χ4v) is 3.56. The van der Waals surface area contributed by atoms with Crippen molar-refractivity contribution in [2.45, 2.75) is 64.0 Å². The zero-order chi connectivity index (χ0) is 14.4. The molecule has 1 heterocycles. The van der Waals surface area contributed by atoms with Gasteiger partial charge < -0.3 is 10.1 Å². The first-order valence-electron chi connectivity index (χ1n) is 8.08. The lowest BCUT2D eigenvalue weighted by Crippen LogP contribution is -2.47. The first kappa shape index (κ1) is 15.5. The third kappa shape index (κ3) is 3.23. The largest absolute Gasteiger partial charge is 0.373 e. The molecule has 4 nitrogen and oxygen atoms in total. The van der Waals surface area contributed by atoms with Crippen LogP contribution < -0.4 is 5.32 Å². The quantitative estimate of drug-likeness (QED) is 0.813. The van der Waals surface area contributed by atoms with Gasteiger partial charge in [-0.25, -0.2) is 0 Å². The van der Waals surface area contributed by atoms with Gasteiger partial charge in [-0.05, 0) is 32.4 Å². The Morgan fingerprint density at radius 2 is 2.00 bits per heavy atom. The Bertz CT molecular complexity index is 394. The summed E-state index contributed by atoms with van der Waals surface area (Å²) in [6.45, 7) is 6.00. The monoisotopic (exact) mass is 279 g/mol. The summed E-state index contributed by atoms with van der Waals surface area (Å²) in [6, 6.07) is 2.36. The van der Waals surface area contributed by atoms with Crippen molar-refractivity contribution < 1.29 is 4.74 Å². The fourth-order valence-electron chi connectivity index (χ4n) is 3.56. The van der Waals surface area contributed by atoms with Gasteiger partial charge in [0.15, 0.2) is 0 Å². The second kappa shape index (κ2) is 7.23. The molecule has 0 saturated heterocycles. The molecule has 1 aliphatic carbocycles. The van der Waals surface area contributed by atoms with Crippen molar-refractivity contribution >= 4 is 0 Å². The van der Waals surface area contributed by atoms with E-state index in [9.17, 15) is 0 Å². The summed E-state index contributed by atoms with van der Waals surface area (Å²) >= 11 is 0. The van der Waals surface area contributed by atoms with Crippen LogP contribution in [0.3, 0.4) is 0 Å². The molecule has 1 fully saturated rings. The average molecular weight is 279 g/mol. The summed E-state index contributed by atoms with van der Waals surface area (Å²) < 4.78 is 8.33. The van der Waals surface area contributed by atoms with E-state index in [-0.39, 0.29) is 11.6 Å². The van der Waals surface area contributed by atoms with Crippen LogP contribution in [0.1, 0.15) is 64.1 Å². The molecule has 1 aromatic heterocycles. The SMILES string of the molecule is CCNC(c1ccnn1C)C1(OCC)CCCCCC1. The molecule has 0 radical (unpaired) electrons. The van der Waals surface area contributed by atoms with E-state index in [0.717, 1.165) is 26.0 Å². The molecule has 1 unspecified atom stereocenters. The van der Waals surface area contributed by atoms with Crippen LogP contribution in [0.15, 0.2) is 12.3 Å². The Hall–Kier alpha value is -0.870. The highest BCUT2D eigenvalue weighted by Crippen LogP contribution is 2.40. The molecule has 0 bridgehead atoms. The second-order valence-electron chi connectivity index (χ2n) is 5.78. The number of hydrogen-bond acceptors (Lipinski definition) is 3. The topological polar surface area (TPSA) is 39.1 Å². The maximum atomic E-state index is 6.34. The van der Waals surface area contributed by atoms with E-state index < -0.39 is 0 Å². The molecule has 0 aliphatic heterocycles. The van der Waals surface area contributed by atoms with Crippen LogP contribution in [-0.4, -0.2) is 28.5 Å². The van der Waals surface area contributed by atoms with Gasteiger partial charge in [0.2, 0.25) is 0 Å². The molecule has 4 heteroatoms. The number of rotatable bonds is 6. The lowest BCUT2D eigenvalue weighted by Gasteiger charge is -2.40. The Labute approximate surface area is 122 Å². The van der Waals surface area contributed by atoms with E-state index in [1.807, 2.05) is 17.9 Å². The molecular formula is C16H29N3O. The van der Waals surface area contributed by atoms with Gasteiger partial charge in [-0.1, -0.05) is 32.6 Å². The van der Waals surface area contributed by atoms with Gasteiger partial charge in [0.1, 0.15) is 0 Å². The molecule has 20 heavy (non-hydrogen) atoms. The van der Waals surface area contributed by atoms with Crippen molar-refractivity contribution in [3.05, 3.63) is 18.0 Å². The number of nitrogens with zero attached hydrogens (tertiary/aromatic N) is 2. The highest BCUT2D eigenvalue weighted by molar-refractivity contribution is 5.14. The summed E-state index contributed by atoms with van der Waals surface area (Å²) in [7, 11) is 2.02. The van der Waals surface area contributed by atoms with Crippen LogP contribution in [0.2, 0.25) is 0 Å². The van der Waals surface area contributed by atoms with Crippen molar-refractivity contribution in [3.8, 4) is 0 Å². The van der Waals surface area contributed by atoms with Crippen molar-refractivity contribution in [1.82, 2.24) is 15.1 Å². The molecule has 114 valence electrons. The van der Waals surface area contributed by atoms with E-state index in [1.165, 1.54) is 31.4 Å². The maximum absolute atomic E-state index is 6.34. The van der Waals surface area contributed by atoms with Crippen molar-refractivity contribution in [1.29, 1.82) is 0 Å². The second-order valence-corrected chi connectivity index (χ2v) is 5.78. The number of ether oxygens (including phenoxy) is 1. The highest BCUT2D eigenvalue weighted by Gasteiger charge is 2.41. The first-order valence-corrected chi connectivity index (χ1v) is 8.08. The Balaban J connectivity index is 2.33. The third-order valence-corrected chi connectivity index (χ3v) is 4.47. The maximum Gasteiger partial charge on any atom is 0.0891 e. The number of aryl methyl sites for hydroxylation is 1. The van der Waals surface area contributed by atoms with E-state index in [4.69, 9.17) is 4.74 Å². The van der Waals surface area contributed by atoms with Gasteiger partial charge >= 0.3 is 0 Å². The summed E-state index contributed by atoms with van der Waals surface area (Å²) in [5.74, 6) is 0. The van der Waals surface area contributed by atoms with E-state index in [2.05, 4.69) is 30.3 Å². The Kier molecular flexibility index (Phi) is 5.61. The molecule has 1 atom stereocenters. The molecule has 1 saturated carbocycles. The molecule has 2 rings (SSSR count). The number of likely N-dealkylation sites (N-methyl/N-ethyl adjacent to an activating group) is 1. The smallest absolute Gasteiger partial charge is 0.0891 e. The van der Waals surface area contributed by atoms with Gasteiger partial charge in [-0.2, -0.15) is 5.10 Å². The van der Waals surface area contributed by atoms with E-state index in [0.29, 0.717) is 0 Å². The Morgan fingerprint density at radius 3 is 2.50 bits per heavy atom. The summed E-state index contributed by atoms with van der Waals surface area (Å²) in [6.07, 6.45) is 9.36. The van der Waals surface area contributed by atoms with Gasteiger partial charge in [0, 0.05) is 19.9 Å². The van der Waals surface area contributed by atoms with Gasteiger partial charge in [0.25, 0.3) is 0 Å². The van der Waals surface area contributed by atoms with Gasteiger partial charge in [0.05, 0.1) is 17.3 Å². The predicted octanol–water partition coefficient (Wildman–Crippen LogP) is 3.20. The lowest BCUT2D eigenvalue weighted by molar-refractivity contribution is -0.0795. The van der Waals surface area contributed by atoms with Crippen LogP contribution in [0.5, 0.6) is 0 Å². The van der Waals surface area contributed by atoms with E-state index in [1.54, 1.807) is 0 Å². The predicted molar refractivity (Wildman–Crippen MR) is 81.7 cm³/mol. The minimum Gasteiger partial charge on any atom is -0.373 e. The zero-order valence-corrected chi connectivity index (χ0v) is 13.2. The average Bonchev–Trinajstić information content (AvgIpc) is 2.72. The minimum absolute atomic E-state index is 0.0744. The van der Waals surface area contributed by atoms with Crippen LogP contribution >= 0.6 is 0 Å². The molecular weight excluding hydrogens is 250 g/mol. The fraction of sp³-hybridized carbons (Fsp3) is 0.812. The van der Waals surface area contributed by atoms with Crippen LogP contribution in [0.4, 0.5) is 0 Å². The standard InChI is InChI=1S/C16H29N3O/c1-4-17-15(14-10-13-18-19(14)3)16(20-5-2)11-8-6-7-9-12-16/h10,13,15,17H,4-9,11-12H2,1-3H3. The number of hydrogen-bond donors (Lipinski definition) is 1. The summed E-state index contributed by atoms with van der Waals surface area (Å²) in [5, 5.41) is 8.01. The zero-order valence-electron chi connectivity index (χ0n) is 13.2. The van der Waals surface area contributed by atoms with Gasteiger partial charge in [-0.15, -0.1) is 0 Å². The molecule has 0 aromatic carbocycles. The van der Waals surface area contributed by atoms with Crippen molar-refractivity contribution in [3.63, 3.8) is 0 Å². The van der Waals surface area contributed by atoms with Gasteiger partial charge in [-0.3, -0.25) is 4.68 Å². The molecule has 0 amide bonds. The van der Waals surface area contributed by atoms with Crippen molar-refractivity contribution in [2.24, 2.45) is 7.05 Å². The van der Waals surface area contributed by atoms with Crippen LogP contribution in [-0.2, 0) is 11.8 Å². The first-order chi connectivity index (χ1) is 9.73. The molecule has 1 aromatic rings. The normalized spacial score (nSPS) is 20.6.